The van der Waals surface area contributed by atoms with Gasteiger partial charge in [0.25, 0.3) is 0 Å². The molecule has 0 amide bonds. The van der Waals surface area contributed by atoms with Gasteiger partial charge < -0.3 is 5.32 Å². The lowest BCUT2D eigenvalue weighted by Crippen LogP contribution is -2.35. The quantitative estimate of drug-likeness (QED) is 0.253. The zero-order valence-electron chi connectivity index (χ0n) is 21.8. The van der Waals surface area contributed by atoms with Gasteiger partial charge in [0.15, 0.2) is 6.17 Å². The summed E-state index contributed by atoms with van der Waals surface area (Å²) in [7, 11) is 0. The minimum atomic E-state index is -0.334. The van der Waals surface area contributed by atoms with Crippen LogP contribution in [0.1, 0.15) is 22.9 Å². The summed E-state index contributed by atoms with van der Waals surface area (Å²) >= 11 is 0. The molecule has 1 aromatic heterocycles. The average Bonchev–Trinajstić information content (AvgIpc) is 3.05. The van der Waals surface area contributed by atoms with Crippen molar-refractivity contribution >= 4 is 22.4 Å². The first-order valence-corrected chi connectivity index (χ1v) is 13.4. The highest BCUT2D eigenvalue weighted by atomic mass is 15.2. The summed E-state index contributed by atoms with van der Waals surface area (Å²) < 4.78 is 0. The Balaban J connectivity index is 1.22. The van der Waals surface area contributed by atoms with Crippen LogP contribution >= 0.6 is 0 Å². The number of amidine groups is 2. The number of hydrogen-bond donors (Lipinski definition) is 1. The van der Waals surface area contributed by atoms with Crippen LogP contribution in [-0.4, -0.2) is 16.7 Å². The van der Waals surface area contributed by atoms with Crippen LogP contribution in [-0.2, 0) is 0 Å². The first kappa shape index (κ1) is 23.7. The van der Waals surface area contributed by atoms with Gasteiger partial charge in [-0.3, -0.25) is 4.98 Å². The van der Waals surface area contributed by atoms with E-state index in [1.807, 2.05) is 48.7 Å². The van der Waals surface area contributed by atoms with Crippen LogP contribution in [0.2, 0.25) is 0 Å². The fourth-order valence-electron chi connectivity index (χ4n) is 5.07. The minimum Gasteiger partial charge on any atom is -0.324 e. The Morgan fingerprint density at radius 2 is 1.00 bits per heavy atom. The molecule has 40 heavy (non-hydrogen) atoms. The average molecular weight is 515 g/mol. The second-order valence-electron chi connectivity index (χ2n) is 9.83. The summed E-state index contributed by atoms with van der Waals surface area (Å²) in [6.07, 6.45) is 3.37. The topological polar surface area (TPSA) is 49.6 Å². The number of aliphatic imine (C=N–C) groups is 2. The number of benzene rings is 5. The molecule has 0 spiro atoms. The maximum absolute atomic E-state index is 4.99. The van der Waals surface area contributed by atoms with Gasteiger partial charge in [0.1, 0.15) is 11.7 Å². The molecule has 190 valence electrons. The molecule has 0 radical (unpaired) electrons. The van der Waals surface area contributed by atoms with Crippen molar-refractivity contribution in [1.29, 1.82) is 0 Å². The van der Waals surface area contributed by atoms with E-state index in [1.165, 1.54) is 16.3 Å². The van der Waals surface area contributed by atoms with Crippen molar-refractivity contribution in [3.63, 3.8) is 0 Å². The maximum atomic E-state index is 4.99. The Labute approximate surface area is 233 Å². The Morgan fingerprint density at radius 1 is 0.450 bits per heavy atom. The van der Waals surface area contributed by atoms with Crippen molar-refractivity contribution in [3.05, 3.63) is 163 Å². The molecule has 0 atom stereocenters. The molecule has 4 nitrogen and oxygen atoms in total. The van der Waals surface area contributed by atoms with Crippen LogP contribution < -0.4 is 5.32 Å². The van der Waals surface area contributed by atoms with E-state index in [4.69, 9.17) is 9.98 Å². The fourth-order valence-corrected chi connectivity index (χ4v) is 5.07. The molecule has 7 rings (SSSR count). The molecule has 0 fully saturated rings. The van der Waals surface area contributed by atoms with Crippen molar-refractivity contribution in [1.82, 2.24) is 10.3 Å². The second kappa shape index (κ2) is 10.4. The van der Waals surface area contributed by atoms with Gasteiger partial charge in [0, 0.05) is 29.1 Å². The van der Waals surface area contributed by atoms with Gasteiger partial charge in [-0.15, -0.1) is 0 Å². The van der Waals surface area contributed by atoms with Gasteiger partial charge in [-0.2, -0.15) is 0 Å². The highest BCUT2D eigenvalue weighted by Crippen LogP contribution is 2.30. The number of nitrogens with one attached hydrogen (secondary N) is 1. The summed E-state index contributed by atoms with van der Waals surface area (Å²) in [5.41, 5.74) is 7.74. The van der Waals surface area contributed by atoms with Crippen molar-refractivity contribution in [2.24, 2.45) is 9.98 Å². The molecule has 1 aliphatic rings. The Morgan fingerprint density at radius 3 is 1.57 bits per heavy atom. The predicted molar refractivity (Wildman–Crippen MR) is 164 cm³/mol. The van der Waals surface area contributed by atoms with Crippen LogP contribution in [0.15, 0.2) is 156 Å². The number of rotatable bonds is 5. The van der Waals surface area contributed by atoms with E-state index >= 15 is 0 Å². The van der Waals surface area contributed by atoms with Crippen LogP contribution in [0.4, 0.5) is 0 Å². The van der Waals surface area contributed by atoms with E-state index < -0.39 is 0 Å². The van der Waals surface area contributed by atoms with Crippen molar-refractivity contribution in [2.45, 2.75) is 6.17 Å². The second-order valence-corrected chi connectivity index (χ2v) is 9.83. The molecule has 0 saturated carbocycles. The van der Waals surface area contributed by atoms with Crippen LogP contribution in [0.3, 0.4) is 0 Å². The molecule has 0 aliphatic carbocycles. The highest BCUT2D eigenvalue weighted by Gasteiger charge is 2.20. The van der Waals surface area contributed by atoms with Crippen molar-refractivity contribution in [2.75, 3.05) is 0 Å². The molecule has 5 aromatic carbocycles. The molecule has 6 aromatic rings. The van der Waals surface area contributed by atoms with Gasteiger partial charge >= 0.3 is 0 Å². The van der Waals surface area contributed by atoms with Crippen LogP contribution in [0.25, 0.3) is 33.0 Å². The highest BCUT2D eigenvalue weighted by molar-refractivity contribution is 6.15. The Kier molecular flexibility index (Phi) is 6.19. The summed E-state index contributed by atoms with van der Waals surface area (Å²) in [6.45, 7) is 0. The number of fused-ring (bicyclic) bond motifs is 1. The molecule has 0 unspecified atom stereocenters. The monoisotopic (exact) mass is 514 g/mol. The van der Waals surface area contributed by atoms with E-state index in [0.717, 1.165) is 45.1 Å². The molecule has 0 bridgehead atoms. The van der Waals surface area contributed by atoms with Crippen LogP contribution in [0.5, 0.6) is 0 Å². The van der Waals surface area contributed by atoms with E-state index in [2.05, 4.69) is 101 Å². The molecular formula is C36H26N4. The standard InChI is InChI=1S/C36H26N4/c1-3-8-27(9-4-1)34-38-35(28-10-5-2-6-11-28)40-36(39-34)29-17-13-25(14-18-29)30-19-15-26-16-20-31(23-33(26)22-30)32-12-7-21-37-24-32/h1-24,36H,(H,38,39,40). The lowest BCUT2D eigenvalue weighted by Gasteiger charge is -2.22. The number of pyridine rings is 1. The van der Waals surface area contributed by atoms with E-state index in [9.17, 15) is 0 Å². The minimum absolute atomic E-state index is 0.334. The maximum Gasteiger partial charge on any atom is 0.169 e. The first-order valence-electron chi connectivity index (χ1n) is 13.4. The van der Waals surface area contributed by atoms with Crippen molar-refractivity contribution < 1.29 is 0 Å². The SMILES string of the molecule is c1ccc(C2=NC(c3ccc(-c4ccc5ccc(-c6cccnc6)cc5c4)cc3)N=C(c3ccccc3)N2)cc1. The Hall–Kier alpha value is -5.35. The summed E-state index contributed by atoms with van der Waals surface area (Å²) in [4.78, 5) is 14.3. The fraction of sp³-hybridized carbons (Fsp3) is 0.0278. The third-order valence-corrected chi connectivity index (χ3v) is 7.21. The molecular weight excluding hydrogens is 488 g/mol. The van der Waals surface area contributed by atoms with E-state index in [0.29, 0.717) is 0 Å². The molecule has 0 saturated heterocycles. The molecule has 4 heteroatoms. The van der Waals surface area contributed by atoms with Gasteiger partial charge in [-0.1, -0.05) is 115 Å². The van der Waals surface area contributed by atoms with Gasteiger partial charge in [-0.05, 0) is 51.2 Å². The normalized spacial score (nSPS) is 13.4. The zero-order valence-corrected chi connectivity index (χ0v) is 21.8. The Bertz CT molecular complexity index is 1790. The van der Waals surface area contributed by atoms with Crippen molar-refractivity contribution in [3.8, 4) is 22.3 Å². The predicted octanol–water partition coefficient (Wildman–Crippen LogP) is 8.06. The molecule has 1 N–H and O–H groups in total. The number of aromatic nitrogens is 1. The largest absolute Gasteiger partial charge is 0.324 e. The van der Waals surface area contributed by atoms with Gasteiger partial charge in [-0.25, -0.2) is 9.98 Å². The number of hydrogen-bond acceptors (Lipinski definition) is 4. The van der Waals surface area contributed by atoms with Gasteiger partial charge in [0.05, 0.1) is 0 Å². The lowest BCUT2D eigenvalue weighted by molar-refractivity contribution is 0.756. The number of nitrogens with zero attached hydrogens (tertiary/aromatic N) is 3. The smallest absolute Gasteiger partial charge is 0.169 e. The van der Waals surface area contributed by atoms with Gasteiger partial charge in [0.2, 0.25) is 0 Å². The zero-order chi connectivity index (χ0) is 26.7. The summed E-state index contributed by atoms with van der Waals surface area (Å²) in [5, 5.41) is 5.87. The third kappa shape index (κ3) is 4.79. The third-order valence-electron chi connectivity index (χ3n) is 7.21. The lowest BCUT2D eigenvalue weighted by atomic mass is 9.97. The summed E-state index contributed by atoms with van der Waals surface area (Å²) in [6, 6.07) is 46.3. The summed E-state index contributed by atoms with van der Waals surface area (Å²) in [5.74, 6) is 1.64. The first-order chi connectivity index (χ1) is 19.8. The molecule has 2 heterocycles. The van der Waals surface area contributed by atoms with E-state index in [1.54, 1.807) is 6.20 Å². The van der Waals surface area contributed by atoms with E-state index in [-0.39, 0.29) is 6.17 Å². The van der Waals surface area contributed by atoms with Crippen LogP contribution in [0, 0.1) is 0 Å². The molecule has 1 aliphatic heterocycles.